The zero-order valence-electron chi connectivity index (χ0n) is 4.11. The fourth-order valence-corrected chi connectivity index (χ4v) is 0.649. The maximum atomic E-state index is 8.39. The molecule has 42 valence electrons. The molecule has 0 saturated heterocycles. The largest absolute Gasteiger partial charge is 0.324 e. The van der Waals surface area contributed by atoms with Gasteiger partial charge in [0.25, 0.3) is 0 Å². The highest BCUT2D eigenvalue weighted by atomic mass is 32.2. The van der Waals surface area contributed by atoms with Crippen LogP contribution >= 0.6 is 12.0 Å². The summed E-state index contributed by atoms with van der Waals surface area (Å²) in [6, 6.07) is 5.37. The normalized spacial score (nSPS) is 9.12. The summed E-state index contributed by atoms with van der Waals surface area (Å²) in [4.78, 5) is 3.81. The molecule has 0 bridgehead atoms. The first-order chi connectivity index (χ1) is 3.93. The highest BCUT2D eigenvalue weighted by Gasteiger charge is 1.84. The lowest BCUT2D eigenvalue weighted by Crippen LogP contribution is -1.72. The Balaban J connectivity index is 2.83. The van der Waals surface area contributed by atoms with Crippen LogP contribution in [-0.2, 0) is 0 Å². The third-order valence-corrected chi connectivity index (χ3v) is 1.16. The van der Waals surface area contributed by atoms with Crippen molar-refractivity contribution in [3.63, 3.8) is 0 Å². The molecule has 0 unspecified atom stereocenters. The van der Waals surface area contributed by atoms with Gasteiger partial charge in [0, 0.05) is 18.2 Å². The second kappa shape index (κ2) is 2.69. The molecule has 0 saturated carbocycles. The molecule has 1 aromatic heterocycles. The Morgan fingerprint density at radius 2 is 2.38 bits per heavy atom. The topological polar surface area (TPSA) is 33.1 Å². The van der Waals surface area contributed by atoms with E-state index in [0.29, 0.717) is 17.1 Å². The number of nitrogens with zero attached hydrogens (tertiary/aromatic N) is 1. The summed E-state index contributed by atoms with van der Waals surface area (Å²) in [5, 5.41) is 0.632. The minimum Gasteiger partial charge on any atom is -0.324 e. The lowest BCUT2D eigenvalue weighted by atomic mass is 10.5. The van der Waals surface area contributed by atoms with Gasteiger partial charge in [-0.2, -0.15) is 0 Å². The van der Waals surface area contributed by atoms with Gasteiger partial charge in [0.15, 0.2) is 0 Å². The predicted octanol–water partition coefficient (Wildman–Crippen LogP) is 1.65. The third-order valence-electron chi connectivity index (χ3n) is 0.731. The van der Waals surface area contributed by atoms with Crippen molar-refractivity contribution < 1.29 is 4.55 Å². The first kappa shape index (κ1) is 5.59. The van der Waals surface area contributed by atoms with Crippen LogP contribution in [0.3, 0.4) is 0 Å². The standard InChI is InChI=1S/C5H5NOS/c7-8-5-3-1-2-4-6-5/h1-4,7H. The van der Waals surface area contributed by atoms with Gasteiger partial charge >= 0.3 is 0 Å². The summed E-state index contributed by atoms with van der Waals surface area (Å²) in [5.74, 6) is 0. The molecule has 0 spiro atoms. The van der Waals surface area contributed by atoms with Crippen molar-refractivity contribution in [2.75, 3.05) is 0 Å². The number of pyridine rings is 1. The fourth-order valence-electron chi connectivity index (χ4n) is 0.401. The van der Waals surface area contributed by atoms with Crippen molar-refractivity contribution in [2.24, 2.45) is 0 Å². The Morgan fingerprint density at radius 1 is 1.50 bits per heavy atom. The van der Waals surface area contributed by atoms with Gasteiger partial charge < -0.3 is 4.55 Å². The van der Waals surface area contributed by atoms with Gasteiger partial charge in [-0.3, -0.25) is 0 Å². The first-order valence-corrected chi connectivity index (χ1v) is 2.93. The maximum Gasteiger partial charge on any atom is 0.123 e. The molecule has 0 aliphatic carbocycles. The van der Waals surface area contributed by atoms with E-state index in [-0.39, 0.29) is 0 Å². The van der Waals surface area contributed by atoms with Crippen LogP contribution in [0.2, 0.25) is 0 Å². The first-order valence-electron chi connectivity index (χ1n) is 2.16. The number of hydrogen-bond donors (Lipinski definition) is 1. The maximum absolute atomic E-state index is 8.39. The zero-order valence-corrected chi connectivity index (χ0v) is 4.93. The van der Waals surface area contributed by atoms with E-state index in [1.165, 1.54) is 0 Å². The molecular formula is C5H5NOS. The van der Waals surface area contributed by atoms with Crippen molar-refractivity contribution >= 4 is 12.0 Å². The van der Waals surface area contributed by atoms with Crippen molar-refractivity contribution in [3.8, 4) is 0 Å². The molecule has 0 aromatic carbocycles. The van der Waals surface area contributed by atoms with Gasteiger partial charge in [-0.1, -0.05) is 6.07 Å². The summed E-state index contributed by atoms with van der Waals surface area (Å²) < 4.78 is 8.39. The SMILES string of the molecule is OSc1ccccn1. The van der Waals surface area contributed by atoms with Gasteiger partial charge in [0.05, 0.1) is 0 Å². The smallest absolute Gasteiger partial charge is 0.123 e. The van der Waals surface area contributed by atoms with E-state index in [4.69, 9.17) is 4.55 Å². The molecule has 2 nitrogen and oxygen atoms in total. The minimum atomic E-state index is 0.632. The van der Waals surface area contributed by atoms with Crippen molar-refractivity contribution in [1.29, 1.82) is 0 Å². The van der Waals surface area contributed by atoms with Gasteiger partial charge in [-0.15, -0.1) is 0 Å². The van der Waals surface area contributed by atoms with Crippen LogP contribution in [0.25, 0.3) is 0 Å². The van der Waals surface area contributed by atoms with Gasteiger partial charge in [0.2, 0.25) is 0 Å². The summed E-state index contributed by atoms with van der Waals surface area (Å²) in [5.41, 5.74) is 0. The summed E-state index contributed by atoms with van der Waals surface area (Å²) in [6.07, 6.45) is 1.64. The monoisotopic (exact) mass is 127 g/mol. The molecule has 8 heavy (non-hydrogen) atoms. The van der Waals surface area contributed by atoms with E-state index >= 15 is 0 Å². The lowest BCUT2D eigenvalue weighted by Gasteiger charge is -1.86. The van der Waals surface area contributed by atoms with Gasteiger partial charge in [-0.05, 0) is 12.1 Å². The van der Waals surface area contributed by atoms with Crippen LogP contribution in [0.5, 0.6) is 0 Å². The molecule has 1 aromatic rings. The van der Waals surface area contributed by atoms with E-state index in [1.54, 1.807) is 18.3 Å². The molecular weight excluding hydrogens is 122 g/mol. The molecule has 1 heterocycles. The van der Waals surface area contributed by atoms with Crippen LogP contribution < -0.4 is 0 Å². The molecule has 1 rings (SSSR count). The Morgan fingerprint density at radius 3 is 2.75 bits per heavy atom. The third kappa shape index (κ3) is 1.21. The van der Waals surface area contributed by atoms with Crippen LogP contribution in [-0.4, -0.2) is 9.54 Å². The van der Waals surface area contributed by atoms with Crippen molar-refractivity contribution in [3.05, 3.63) is 24.4 Å². The number of aromatic nitrogens is 1. The Labute approximate surface area is 51.8 Å². The molecule has 0 aliphatic rings. The van der Waals surface area contributed by atoms with E-state index in [9.17, 15) is 0 Å². The van der Waals surface area contributed by atoms with E-state index in [0.717, 1.165) is 0 Å². The minimum absolute atomic E-state index is 0.632. The quantitative estimate of drug-likeness (QED) is 0.582. The second-order valence-electron chi connectivity index (χ2n) is 1.26. The van der Waals surface area contributed by atoms with Crippen LogP contribution in [0.4, 0.5) is 0 Å². The second-order valence-corrected chi connectivity index (χ2v) is 1.86. The van der Waals surface area contributed by atoms with Crippen molar-refractivity contribution in [1.82, 2.24) is 4.98 Å². The Hall–Kier alpha value is -0.540. The van der Waals surface area contributed by atoms with Crippen molar-refractivity contribution in [2.45, 2.75) is 5.03 Å². The molecule has 0 amide bonds. The predicted molar refractivity (Wildman–Crippen MR) is 32.7 cm³/mol. The molecule has 0 radical (unpaired) electrons. The highest BCUT2D eigenvalue weighted by molar-refractivity contribution is 7.93. The molecule has 0 atom stereocenters. The summed E-state index contributed by atoms with van der Waals surface area (Å²) in [7, 11) is 0. The van der Waals surface area contributed by atoms with Crippen LogP contribution in [0.15, 0.2) is 29.4 Å². The van der Waals surface area contributed by atoms with Gasteiger partial charge in [0.1, 0.15) is 5.03 Å². The highest BCUT2D eigenvalue weighted by Crippen LogP contribution is 2.06. The fraction of sp³-hybridized carbons (Fsp3) is 0. The van der Waals surface area contributed by atoms with Crippen LogP contribution in [0.1, 0.15) is 0 Å². The average molecular weight is 127 g/mol. The van der Waals surface area contributed by atoms with E-state index in [1.807, 2.05) is 6.07 Å². The summed E-state index contributed by atoms with van der Waals surface area (Å²) >= 11 is 0.658. The Bertz CT molecular complexity index is 154. The summed E-state index contributed by atoms with van der Waals surface area (Å²) in [6.45, 7) is 0. The van der Waals surface area contributed by atoms with E-state index < -0.39 is 0 Å². The zero-order chi connectivity index (χ0) is 5.82. The van der Waals surface area contributed by atoms with Gasteiger partial charge in [-0.25, -0.2) is 4.98 Å². The Kier molecular flexibility index (Phi) is 1.88. The molecule has 3 heteroatoms. The molecule has 1 N–H and O–H groups in total. The molecule has 0 aliphatic heterocycles. The lowest BCUT2D eigenvalue weighted by molar-refractivity contribution is 0.660. The average Bonchev–Trinajstić information content (AvgIpc) is 1.90. The van der Waals surface area contributed by atoms with Crippen LogP contribution in [0, 0.1) is 0 Å². The number of rotatable bonds is 1. The van der Waals surface area contributed by atoms with E-state index in [2.05, 4.69) is 4.98 Å². The number of hydrogen-bond acceptors (Lipinski definition) is 3. The molecule has 0 fully saturated rings.